The highest BCUT2D eigenvalue weighted by Crippen LogP contribution is 2.10. The Kier molecular flexibility index (Phi) is 2.11. The molecule has 1 fully saturated rings. The van der Waals surface area contributed by atoms with Crippen LogP contribution in [0.5, 0.6) is 0 Å². The average Bonchev–Trinajstić information content (AvgIpc) is 1.90. The summed E-state index contributed by atoms with van der Waals surface area (Å²) in [4.78, 5) is 0. The van der Waals surface area contributed by atoms with Crippen LogP contribution in [0.1, 0.15) is 19.3 Å². The molecular weight excluding hydrogens is 114 g/mol. The summed E-state index contributed by atoms with van der Waals surface area (Å²) in [5, 5.41) is 12.1. The van der Waals surface area contributed by atoms with Crippen molar-refractivity contribution in [1.29, 1.82) is 0 Å². The van der Waals surface area contributed by atoms with Gasteiger partial charge in [-0.1, -0.05) is 13.0 Å². The molecule has 1 atom stereocenters. The first kappa shape index (κ1) is 6.62. The molecule has 0 saturated carbocycles. The predicted octanol–water partition coefficient (Wildman–Crippen LogP) is 1.20. The molecule has 2 nitrogen and oxygen atoms in total. The third kappa shape index (κ3) is 1.72. The van der Waals surface area contributed by atoms with Gasteiger partial charge in [-0.25, -0.2) is 0 Å². The maximum atomic E-state index is 8.92. The van der Waals surface area contributed by atoms with Gasteiger partial charge in [-0.3, -0.25) is 0 Å². The van der Waals surface area contributed by atoms with Crippen LogP contribution in [0.15, 0.2) is 12.3 Å². The minimum absolute atomic E-state index is 0.166. The molecule has 1 aliphatic rings. The third-order valence-electron chi connectivity index (χ3n) is 1.71. The van der Waals surface area contributed by atoms with Gasteiger partial charge in [-0.05, 0) is 19.4 Å². The van der Waals surface area contributed by atoms with E-state index in [0.717, 1.165) is 13.0 Å². The van der Waals surface area contributed by atoms with E-state index in [1.807, 2.05) is 0 Å². The fourth-order valence-corrected chi connectivity index (χ4v) is 1.14. The Bertz CT molecular complexity index is 105. The molecule has 0 spiro atoms. The van der Waals surface area contributed by atoms with Crippen LogP contribution in [0.2, 0.25) is 0 Å². The van der Waals surface area contributed by atoms with Crippen molar-refractivity contribution in [2.24, 2.45) is 0 Å². The van der Waals surface area contributed by atoms with Crippen molar-refractivity contribution < 1.29 is 5.11 Å². The SMILES string of the molecule is C=C(O)[C@H]1CCCCN1. The summed E-state index contributed by atoms with van der Waals surface area (Å²) in [5.74, 6) is 0.287. The van der Waals surface area contributed by atoms with Crippen LogP contribution in [0.25, 0.3) is 0 Å². The molecule has 1 aliphatic heterocycles. The van der Waals surface area contributed by atoms with E-state index in [-0.39, 0.29) is 11.8 Å². The van der Waals surface area contributed by atoms with Gasteiger partial charge in [0, 0.05) is 0 Å². The maximum Gasteiger partial charge on any atom is 0.102 e. The van der Waals surface area contributed by atoms with Crippen LogP contribution in [-0.2, 0) is 0 Å². The zero-order valence-electron chi connectivity index (χ0n) is 5.56. The monoisotopic (exact) mass is 127 g/mol. The minimum Gasteiger partial charge on any atom is -0.511 e. The summed E-state index contributed by atoms with van der Waals surface area (Å²) in [6.45, 7) is 4.49. The van der Waals surface area contributed by atoms with Crippen molar-refractivity contribution in [2.75, 3.05) is 6.54 Å². The number of piperidine rings is 1. The Morgan fingerprint density at radius 3 is 2.67 bits per heavy atom. The molecule has 0 unspecified atom stereocenters. The molecule has 9 heavy (non-hydrogen) atoms. The summed E-state index contributed by atoms with van der Waals surface area (Å²) >= 11 is 0. The number of hydrogen-bond acceptors (Lipinski definition) is 2. The molecule has 0 radical (unpaired) electrons. The normalized spacial score (nSPS) is 27.8. The fraction of sp³-hybridized carbons (Fsp3) is 0.714. The maximum absolute atomic E-state index is 8.92. The Labute approximate surface area is 55.6 Å². The summed E-state index contributed by atoms with van der Waals surface area (Å²) in [6.07, 6.45) is 3.47. The van der Waals surface area contributed by atoms with E-state index in [2.05, 4.69) is 11.9 Å². The number of aliphatic hydroxyl groups excluding tert-OH is 1. The van der Waals surface area contributed by atoms with E-state index in [1.165, 1.54) is 12.8 Å². The Morgan fingerprint density at radius 2 is 2.33 bits per heavy atom. The molecule has 0 aliphatic carbocycles. The van der Waals surface area contributed by atoms with E-state index >= 15 is 0 Å². The van der Waals surface area contributed by atoms with Crippen molar-refractivity contribution >= 4 is 0 Å². The van der Waals surface area contributed by atoms with Gasteiger partial charge >= 0.3 is 0 Å². The van der Waals surface area contributed by atoms with Crippen molar-refractivity contribution in [2.45, 2.75) is 25.3 Å². The first-order valence-corrected chi connectivity index (χ1v) is 3.42. The highest BCUT2D eigenvalue weighted by molar-refractivity contribution is 4.95. The molecule has 0 bridgehead atoms. The molecule has 1 saturated heterocycles. The second-order valence-corrected chi connectivity index (χ2v) is 2.49. The Balaban J connectivity index is 2.31. The second-order valence-electron chi connectivity index (χ2n) is 2.49. The highest BCUT2D eigenvalue weighted by Gasteiger charge is 2.13. The molecule has 2 N–H and O–H groups in total. The smallest absolute Gasteiger partial charge is 0.102 e. The summed E-state index contributed by atoms with van der Waals surface area (Å²) in [6, 6.07) is 0.166. The van der Waals surface area contributed by atoms with E-state index in [9.17, 15) is 0 Å². The minimum atomic E-state index is 0.166. The van der Waals surface area contributed by atoms with Crippen LogP contribution < -0.4 is 5.32 Å². The Hall–Kier alpha value is -0.500. The molecule has 1 heterocycles. The zero-order valence-corrected chi connectivity index (χ0v) is 5.56. The van der Waals surface area contributed by atoms with Crippen LogP contribution in [0.3, 0.4) is 0 Å². The lowest BCUT2D eigenvalue weighted by Gasteiger charge is -2.21. The molecule has 0 amide bonds. The molecular formula is C7H13NO. The molecule has 0 aromatic heterocycles. The van der Waals surface area contributed by atoms with Gasteiger partial charge in [0.25, 0.3) is 0 Å². The van der Waals surface area contributed by atoms with Crippen LogP contribution >= 0.6 is 0 Å². The summed E-state index contributed by atoms with van der Waals surface area (Å²) in [5.41, 5.74) is 0. The van der Waals surface area contributed by atoms with Gasteiger partial charge in [-0.15, -0.1) is 0 Å². The van der Waals surface area contributed by atoms with E-state index < -0.39 is 0 Å². The van der Waals surface area contributed by atoms with Gasteiger partial charge in [-0.2, -0.15) is 0 Å². The van der Waals surface area contributed by atoms with Gasteiger partial charge in [0.05, 0.1) is 6.04 Å². The van der Waals surface area contributed by atoms with E-state index in [4.69, 9.17) is 5.11 Å². The number of hydrogen-bond donors (Lipinski definition) is 2. The second kappa shape index (κ2) is 2.87. The zero-order chi connectivity index (χ0) is 6.69. The predicted molar refractivity (Wildman–Crippen MR) is 37.4 cm³/mol. The average molecular weight is 127 g/mol. The molecule has 2 heteroatoms. The number of nitrogens with one attached hydrogen (secondary N) is 1. The molecule has 52 valence electrons. The van der Waals surface area contributed by atoms with Crippen molar-refractivity contribution in [3.8, 4) is 0 Å². The largest absolute Gasteiger partial charge is 0.511 e. The molecule has 0 aromatic carbocycles. The standard InChI is InChI=1S/C7H13NO/c1-6(9)7-4-2-3-5-8-7/h7-9H,1-5H2/t7-/m1/s1. The van der Waals surface area contributed by atoms with E-state index in [0.29, 0.717) is 0 Å². The first-order valence-electron chi connectivity index (χ1n) is 3.42. The lowest BCUT2D eigenvalue weighted by atomic mass is 10.0. The highest BCUT2D eigenvalue weighted by atomic mass is 16.3. The lowest BCUT2D eigenvalue weighted by Crippen LogP contribution is -2.35. The number of aliphatic hydroxyl groups is 1. The molecule has 1 rings (SSSR count). The van der Waals surface area contributed by atoms with Crippen molar-refractivity contribution in [3.05, 3.63) is 12.3 Å². The summed E-state index contributed by atoms with van der Waals surface area (Å²) < 4.78 is 0. The van der Waals surface area contributed by atoms with Gasteiger partial charge < -0.3 is 10.4 Å². The lowest BCUT2D eigenvalue weighted by molar-refractivity contribution is 0.308. The van der Waals surface area contributed by atoms with Gasteiger partial charge in [0.15, 0.2) is 0 Å². The van der Waals surface area contributed by atoms with Crippen LogP contribution in [-0.4, -0.2) is 17.7 Å². The van der Waals surface area contributed by atoms with Crippen molar-refractivity contribution in [3.63, 3.8) is 0 Å². The first-order chi connectivity index (χ1) is 4.30. The molecule has 0 aromatic rings. The van der Waals surface area contributed by atoms with Gasteiger partial charge in [0.2, 0.25) is 0 Å². The van der Waals surface area contributed by atoms with Gasteiger partial charge in [0.1, 0.15) is 5.76 Å². The fourth-order valence-electron chi connectivity index (χ4n) is 1.14. The topological polar surface area (TPSA) is 32.3 Å². The van der Waals surface area contributed by atoms with Crippen LogP contribution in [0, 0.1) is 0 Å². The quantitative estimate of drug-likeness (QED) is 0.519. The van der Waals surface area contributed by atoms with Crippen molar-refractivity contribution in [1.82, 2.24) is 5.32 Å². The summed E-state index contributed by atoms with van der Waals surface area (Å²) in [7, 11) is 0. The van der Waals surface area contributed by atoms with Crippen LogP contribution in [0.4, 0.5) is 0 Å². The Morgan fingerprint density at radius 1 is 1.56 bits per heavy atom. The number of rotatable bonds is 1. The third-order valence-corrected chi connectivity index (χ3v) is 1.71. The van der Waals surface area contributed by atoms with E-state index in [1.54, 1.807) is 0 Å².